The first-order valence-corrected chi connectivity index (χ1v) is 7.26. The first-order chi connectivity index (χ1) is 9.19. The average Bonchev–Trinajstić information content (AvgIpc) is 2.39. The van der Waals surface area contributed by atoms with Gasteiger partial charge in [-0.15, -0.1) is 0 Å². The van der Waals surface area contributed by atoms with E-state index in [-0.39, 0.29) is 11.9 Å². The van der Waals surface area contributed by atoms with Gasteiger partial charge in [0.25, 0.3) is 0 Å². The molecule has 2 nitrogen and oxygen atoms in total. The van der Waals surface area contributed by atoms with Crippen molar-refractivity contribution in [3.63, 3.8) is 0 Å². The van der Waals surface area contributed by atoms with E-state index in [0.29, 0.717) is 0 Å². The normalized spacial score (nSPS) is 12.6. The first-order valence-electron chi connectivity index (χ1n) is 7.26. The summed E-state index contributed by atoms with van der Waals surface area (Å²) in [6, 6.07) is 5.27. The zero-order chi connectivity index (χ0) is 14.1. The molecule has 0 bridgehead atoms. The number of hydrogen-bond donors (Lipinski definition) is 1. The Hall–Kier alpha value is -0.930. The highest BCUT2D eigenvalue weighted by Crippen LogP contribution is 2.21. The molecule has 0 heterocycles. The van der Waals surface area contributed by atoms with Gasteiger partial charge in [0.15, 0.2) is 0 Å². The van der Waals surface area contributed by atoms with Crippen molar-refractivity contribution >= 4 is 0 Å². The second-order valence-corrected chi connectivity index (χ2v) is 4.91. The molecule has 1 N–H and O–H groups in total. The Morgan fingerprint density at radius 1 is 1.21 bits per heavy atom. The molecule has 0 aliphatic rings. The highest BCUT2D eigenvalue weighted by molar-refractivity contribution is 5.29. The fraction of sp³-hybridized carbons (Fsp3) is 0.625. The van der Waals surface area contributed by atoms with Crippen molar-refractivity contribution in [1.29, 1.82) is 0 Å². The molecule has 0 aromatic heterocycles. The molecule has 0 aliphatic heterocycles. The van der Waals surface area contributed by atoms with Gasteiger partial charge in [-0.3, -0.25) is 0 Å². The largest absolute Gasteiger partial charge is 0.381 e. The molecule has 19 heavy (non-hydrogen) atoms. The van der Waals surface area contributed by atoms with Crippen LogP contribution in [0.4, 0.5) is 4.39 Å². The van der Waals surface area contributed by atoms with Crippen LogP contribution in [0, 0.1) is 12.7 Å². The number of rotatable bonds is 9. The Kier molecular flexibility index (Phi) is 7.68. The fourth-order valence-corrected chi connectivity index (χ4v) is 2.16. The number of hydrogen-bond acceptors (Lipinski definition) is 2. The van der Waals surface area contributed by atoms with Gasteiger partial charge in [-0.05, 0) is 56.0 Å². The number of ether oxygens (including phenoxy) is 1. The summed E-state index contributed by atoms with van der Waals surface area (Å²) in [6.45, 7) is 8.74. The Morgan fingerprint density at radius 2 is 2.00 bits per heavy atom. The average molecular weight is 267 g/mol. The molecular weight excluding hydrogens is 241 g/mol. The van der Waals surface area contributed by atoms with Crippen LogP contribution in [0.3, 0.4) is 0 Å². The van der Waals surface area contributed by atoms with Crippen molar-refractivity contribution in [3.8, 4) is 0 Å². The molecule has 0 amide bonds. The third kappa shape index (κ3) is 5.70. The number of benzene rings is 1. The molecule has 1 unspecified atom stereocenters. The molecule has 0 fully saturated rings. The summed E-state index contributed by atoms with van der Waals surface area (Å²) in [7, 11) is 0. The Bertz CT molecular complexity index is 368. The van der Waals surface area contributed by atoms with Crippen LogP contribution in [0.5, 0.6) is 0 Å². The van der Waals surface area contributed by atoms with Gasteiger partial charge in [-0.1, -0.05) is 19.9 Å². The maximum absolute atomic E-state index is 13.2. The quantitative estimate of drug-likeness (QED) is 0.683. The minimum atomic E-state index is -0.169. The maximum atomic E-state index is 13.2. The summed E-state index contributed by atoms with van der Waals surface area (Å²) >= 11 is 0. The van der Waals surface area contributed by atoms with E-state index in [4.69, 9.17) is 4.74 Å². The highest BCUT2D eigenvalue weighted by Gasteiger charge is 2.13. The molecule has 1 aromatic carbocycles. The predicted octanol–water partition coefficient (Wildman–Crippen LogP) is 3.99. The number of aryl methyl sites for hydroxylation is 1. The molecule has 0 saturated carbocycles. The molecule has 1 atom stereocenters. The van der Waals surface area contributed by atoms with Crippen molar-refractivity contribution in [1.82, 2.24) is 5.32 Å². The lowest BCUT2D eigenvalue weighted by Crippen LogP contribution is -2.24. The lowest BCUT2D eigenvalue weighted by Gasteiger charge is -2.21. The van der Waals surface area contributed by atoms with E-state index in [1.54, 1.807) is 6.07 Å². The van der Waals surface area contributed by atoms with Gasteiger partial charge in [0.05, 0.1) is 0 Å². The molecule has 0 radical (unpaired) electrons. The van der Waals surface area contributed by atoms with Crippen molar-refractivity contribution in [3.05, 3.63) is 35.1 Å². The second-order valence-electron chi connectivity index (χ2n) is 4.91. The third-order valence-electron chi connectivity index (χ3n) is 3.15. The van der Waals surface area contributed by atoms with E-state index in [1.807, 2.05) is 13.0 Å². The summed E-state index contributed by atoms with van der Waals surface area (Å²) in [5.41, 5.74) is 2.18. The van der Waals surface area contributed by atoms with Crippen molar-refractivity contribution in [2.45, 2.75) is 46.1 Å². The Labute approximate surface area is 116 Å². The third-order valence-corrected chi connectivity index (χ3v) is 3.15. The van der Waals surface area contributed by atoms with Crippen LogP contribution in [-0.4, -0.2) is 19.8 Å². The van der Waals surface area contributed by atoms with E-state index >= 15 is 0 Å². The van der Waals surface area contributed by atoms with Gasteiger partial charge in [0.1, 0.15) is 5.82 Å². The SMILES string of the molecule is CCCNC(CCOCCC)c1ccc(F)cc1C. The van der Waals surface area contributed by atoms with Gasteiger partial charge in [0, 0.05) is 19.3 Å². The van der Waals surface area contributed by atoms with Crippen molar-refractivity contribution < 1.29 is 9.13 Å². The van der Waals surface area contributed by atoms with Crippen LogP contribution in [-0.2, 0) is 4.74 Å². The van der Waals surface area contributed by atoms with E-state index in [9.17, 15) is 4.39 Å². The first kappa shape index (κ1) is 16.1. The van der Waals surface area contributed by atoms with Crippen LogP contribution >= 0.6 is 0 Å². The molecule has 3 heteroatoms. The van der Waals surface area contributed by atoms with Crippen LogP contribution in [0.1, 0.15) is 50.3 Å². The van der Waals surface area contributed by atoms with Gasteiger partial charge in [-0.25, -0.2) is 4.39 Å². The van der Waals surface area contributed by atoms with E-state index in [0.717, 1.165) is 44.6 Å². The van der Waals surface area contributed by atoms with Gasteiger partial charge >= 0.3 is 0 Å². The maximum Gasteiger partial charge on any atom is 0.123 e. The monoisotopic (exact) mass is 267 g/mol. The smallest absolute Gasteiger partial charge is 0.123 e. The lowest BCUT2D eigenvalue weighted by molar-refractivity contribution is 0.124. The zero-order valence-electron chi connectivity index (χ0n) is 12.3. The van der Waals surface area contributed by atoms with E-state index < -0.39 is 0 Å². The Morgan fingerprint density at radius 3 is 2.63 bits per heavy atom. The minimum absolute atomic E-state index is 0.169. The predicted molar refractivity (Wildman–Crippen MR) is 77.9 cm³/mol. The van der Waals surface area contributed by atoms with Crippen LogP contribution in [0.25, 0.3) is 0 Å². The van der Waals surface area contributed by atoms with Gasteiger partial charge < -0.3 is 10.1 Å². The summed E-state index contributed by atoms with van der Waals surface area (Å²) in [5, 5.41) is 3.52. The lowest BCUT2D eigenvalue weighted by atomic mass is 9.98. The van der Waals surface area contributed by atoms with Gasteiger partial charge in [0.2, 0.25) is 0 Å². The number of nitrogens with one attached hydrogen (secondary N) is 1. The summed E-state index contributed by atoms with van der Waals surface area (Å²) in [5.74, 6) is -0.169. The molecule has 0 spiro atoms. The van der Waals surface area contributed by atoms with E-state index in [2.05, 4.69) is 19.2 Å². The van der Waals surface area contributed by atoms with Gasteiger partial charge in [-0.2, -0.15) is 0 Å². The zero-order valence-corrected chi connectivity index (χ0v) is 12.3. The Balaban J connectivity index is 2.66. The van der Waals surface area contributed by atoms with Crippen molar-refractivity contribution in [2.24, 2.45) is 0 Å². The number of halogens is 1. The fourth-order valence-electron chi connectivity index (χ4n) is 2.16. The molecule has 0 saturated heterocycles. The molecule has 1 rings (SSSR count). The van der Waals surface area contributed by atoms with E-state index in [1.165, 1.54) is 11.6 Å². The molecular formula is C16H26FNO. The van der Waals surface area contributed by atoms with Crippen LogP contribution < -0.4 is 5.32 Å². The summed E-state index contributed by atoms with van der Waals surface area (Å²) in [6.07, 6.45) is 3.06. The van der Waals surface area contributed by atoms with Crippen LogP contribution in [0.2, 0.25) is 0 Å². The highest BCUT2D eigenvalue weighted by atomic mass is 19.1. The topological polar surface area (TPSA) is 21.3 Å². The molecule has 0 aliphatic carbocycles. The molecule has 108 valence electrons. The summed E-state index contributed by atoms with van der Waals surface area (Å²) < 4.78 is 18.7. The van der Waals surface area contributed by atoms with Crippen molar-refractivity contribution in [2.75, 3.05) is 19.8 Å². The second kappa shape index (κ2) is 9.05. The van der Waals surface area contributed by atoms with Crippen LogP contribution in [0.15, 0.2) is 18.2 Å². The minimum Gasteiger partial charge on any atom is -0.381 e. The standard InChI is InChI=1S/C16H26FNO/c1-4-9-18-16(8-11-19-10-5-2)15-7-6-14(17)12-13(15)3/h6-7,12,16,18H,4-5,8-11H2,1-3H3. The summed E-state index contributed by atoms with van der Waals surface area (Å²) in [4.78, 5) is 0. The molecule has 1 aromatic rings.